The van der Waals surface area contributed by atoms with Gasteiger partial charge in [0.05, 0.1) is 0 Å². The SMILES string of the molecule is CN1CCN(c2ccc(NC(=O)CC3CC4CCC3C4)cc2)CC1. The normalized spacial score (nSPS) is 29.9. The molecule has 1 N–H and O–H groups in total. The highest BCUT2D eigenvalue weighted by molar-refractivity contribution is 5.91. The van der Waals surface area contributed by atoms with Crippen molar-refractivity contribution in [2.45, 2.75) is 32.1 Å². The van der Waals surface area contributed by atoms with Gasteiger partial charge in [0.1, 0.15) is 0 Å². The number of carbonyl (C=O) groups is 1. The second-order valence-electron chi connectivity index (χ2n) is 8.02. The Kier molecular flexibility index (Phi) is 4.49. The van der Waals surface area contributed by atoms with Crippen molar-refractivity contribution in [1.29, 1.82) is 0 Å². The third-order valence-corrected chi connectivity index (χ3v) is 6.35. The number of hydrogen-bond acceptors (Lipinski definition) is 3. The average Bonchev–Trinajstić information content (AvgIpc) is 3.19. The maximum atomic E-state index is 12.3. The zero-order valence-electron chi connectivity index (χ0n) is 14.7. The number of hydrogen-bond donors (Lipinski definition) is 1. The second kappa shape index (κ2) is 6.75. The van der Waals surface area contributed by atoms with Gasteiger partial charge in [0.15, 0.2) is 0 Å². The quantitative estimate of drug-likeness (QED) is 0.922. The molecule has 1 aromatic carbocycles. The molecule has 3 aliphatic rings. The number of rotatable bonds is 4. The highest BCUT2D eigenvalue weighted by Gasteiger charge is 2.40. The van der Waals surface area contributed by atoms with Gasteiger partial charge in [0, 0.05) is 44.0 Å². The van der Waals surface area contributed by atoms with Gasteiger partial charge in [-0.2, -0.15) is 0 Å². The topological polar surface area (TPSA) is 35.6 Å². The predicted octanol–water partition coefficient (Wildman–Crippen LogP) is 3.20. The molecule has 2 saturated carbocycles. The largest absolute Gasteiger partial charge is 0.369 e. The van der Waals surface area contributed by atoms with Crippen LogP contribution in [0.1, 0.15) is 32.1 Å². The number of anilines is 2. The van der Waals surface area contributed by atoms with Crippen LogP contribution in [0.15, 0.2) is 24.3 Å². The van der Waals surface area contributed by atoms with Crippen LogP contribution in [0.3, 0.4) is 0 Å². The minimum atomic E-state index is 0.194. The van der Waals surface area contributed by atoms with E-state index >= 15 is 0 Å². The lowest BCUT2D eigenvalue weighted by Gasteiger charge is -2.34. The number of likely N-dealkylation sites (N-methyl/N-ethyl adjacent to an activating group) is 1. The molecule has 24 heavy (non-hydrogen) atoms. The molecule has 1 aliphatic heterocycles. The highest BCUT2D eigenvalue weighted by Crippen LogP contribution is 2.49. The smallest absolute Gasteiger partial charge is 0.224 e. The summed E-state index contributed by atoms with van der Waals surface area (Å²) in [6.07, 6.45) is 6.11. The molecule has 4 rings (SSSR count). The van der Waals surface area contributed by atoms with Crippen LogP contribution in [0.5, 0.6) is 0 Å². The van der Waals surface area contributed by atoms with Gasteiger partial charge in [0.2, 0.25) is 5.91 Å². The summed E-state index contributed by atoms with van der Waals surface area (Å²) in [5.41, 5.74) is 2.19. The first-order valence-corrected chi connectivity index (χ1v) is 9.51. The summed E-state index contributed by atoms with van der Waals surface area (Å²) >= 11 is 0. The maximum Gasteiger partial charge on any atom is 0.224 e. The van der Waals surface area contributed by atoms with Crippen LogP contribution in [-0.2, 0) is 4.79 Å². The van der Waals surface area contributed by atoms with Crippen molar-refractivity contribution in [3.63, 3.8) is 0 Å². The van der Waals surface area contributed by atoms with Gasteiger partial charge in [0.25, 0.3) is 0 Å². The Balaban J connectivity index is 1.29. The van der Waals surface area contributed by atoms with Gasteiger partial charge in [-0.05, 0) is 68.3 Å². The molecule has 130 valence electrons. The zero-order valence-corrected chi connectivity index (χ0v) is 14.7. The first-order valence-electron chi connectivity index (χ1n) is 9.51. The fourth-order valence-corrected chi connectivity index (χ4v) is 4.90. The van der Waals surface area contributed by atoms with E-state index in [1.54, 1.807) is 0 Å². The predicted molar refractivity (Wildman–Crippen MR) is 98.3 cm³/mol. The standard InChI is InChI=1S/C20H29N3O/c1-22-8-10-23(11-9-22)19-6-4-18(5-7-19)21-20(24)14-17-13-15-2-3-16(17)12-15/h4-7,15-17H,2-3,8-14H2,1H3,(H,21,24). The number of amides is 1. The summed E-state index contributed by atoms with van der Waals surface area (Å²) in [7, 11) is 2.17. The third-order valence-electron chi connectivity index (χ3n) is 6.35. The van der Waals surface area contributed by atoms with Crippen molar-refractivity contribution < 1.29 is 4.79 Å². The number of benzene rings is 1. The Morgan fingerprint density at radius 1 is 1.08 bits per heavy atom. The molecule has 3 unspecified atom stereocenters. The number of piperazine rings is 1. The van der Waals surface area contributed by atoms with Crippen LogP contribution in [0.4, 0.5) is 11.4 Å². The van der Waals surface area contributed by atoms with Crippen LogP contribution < -0.4 is 10.2 Å². The van der Waals surface area contributed by atoms with Gasteiger partial charge < -0.3 is 15.1 Å². The van der Waals surface area contributed by atoms with E-state index in [1.165, 1.54) is 31.4 Å². The molecule has 0 spiro atoms. The number of nitrogens with one attached hydrogen (secondary N) is 1. The molecule has 1 amide bonds. The minimum absolute atomic E-state index is 0.194. The van der Waals surface area contributed by atoms with E-state index in [9.17, 15) is 4.79 Å². The van der Waals surface area contributed by atoms with Crippen molar-refractivity contribution in [2.24, 2.45) is 17.8 Å². The van der Waals surface area contributed by atoms with Gasteiger partial charge >= 0.3 is 0 Å². The van der Waals surface area contributed by atoms with Crippen LogP contribution in [0, 0.1) is 17.8 Å². The molecule has 4 nitrogen and oxygen atoms in total. The molecular weight excluding hydrogens is 298 g/mol. The molecular formula is C20H29N3O. The highest BCUT2D eigenvalue weighted by atomic mass is 16.1. The summed E-state index contributed by atoms with van der Waals surface area (Å²) in [6.45, 7) is 4.38. The van der Waals surface area contributed by atoms with E-state index in [0.29, 0.717) is 12.3 Å². The van der Waals surface area contributed by atoms with Crippen molar-refractivity contribution in [3.8, 4) is 0 Å². The number of nitrogens with zero attached hydrogens (tertiary/aromatic N) is 2. The van der Waals surface area contributed by atoms with Gasteiger partial charge in [-0.3, -0.25) is 4.79 Å². The lowest BCUT2D eigenvalue weighted by atomic mass is 9.86. The zero-order chi connectivity index (χ0) is 16.5. The Hall–Kier alpha value is -1.55. The fourth-order valence-electron chi connectivity index (χ4n) is 4.90. The van der Waals surface area contributed by atoms with Crippen LogP contribution in [0.2, 0.25) is 0 Å². The van der Waals surface area contributed by atoms with Crippen molar-refractivity contribution in [2.75, 3.05) is 43.4 Å². The van der Waals surface area contributed by atoms with E-state index in [-0.39, 0.29) is 5.91 Å². The average molecular weight is 327 g/mol. The number of carbonyl (C=O) groups excluding carboxylic acids is 1. The van der Waals surface area contributed by atoms with E-state index < -0.39 is 0 Å². The Morgan fingerprint density at radius 2 is 1.83 bits per heavy atom. The molecule has 2 bridgehead atoms. The summed E-state index contributed by atoms with van der Waals surface area (Å²) in [5.74, 6) is 2.56. The molecule has 2 aliphatic carbocycles. The molecule has 1 aromatic rings. The van der Waals surface area contributed by atoms with E-state index in [2.05, 4.69) is 34.3 Å². The monoisotopic (exact) mass is 327 g/mol. The van der Waals surface area contributed by atoms with Crippen molar-refractivity contribution in [3.05, 3.63) is 24.3 Å². The molecule has 4 heteroatoms. The van der Waals surface area contributed by atoms with E-state index in [1.807, 2.05) is 12.1 Å². The molecule has 0 radical (unpaired) electrons. The molecule has 3 atom stereocenters. The summed E-state index contributed by atoms with van der Waals surface area (Å²) in [4.78, 5) is 17.1. The molecule has 3 fully saturated rings. The van der Waals surface area contributed by atoms with Gasteiger partial charge in [-0.1, -0.05) is 6.42 Å². The van der Waals surface area contributed by atoms with Crippen LogP contribution in [0.25, 0.3) is 0 Å². The summed E-state index contributed by atoms with van der Waals surface area (Å²) in [6, 6.07) is 8.37. The maximum absolute atomic E-state index is 12.3. The van der Waals surface area contributed by atoms with Crippen molar-refractivity contribution >= 4 is 17.3 Å². The first kappa shape index (κ1) is 15.9. The minimum Gasteiger partial charge on any atom is -0.369 e. The molecule has 1 heterocycles. The van der Waals surface area contributed by atoms with E-state index in [0.717, 1.165) is 43.7 Å². The fraction of sp³-hybridized carbons (Fsp3) is 0.650. The summed E-state index contributed by atoms with van der Waals surface area (Å²) < 4.78 is 0. The third kappa shape index (κ3) is 3.44. The lowest BCUT2D eigenvalue weighted by Crippen LogP contribution is -2.44. The second-order valence-corrected chi connectivity index (χ2v) is 8.02. The number of fused-ring (bicyclic) bond motifs is 2. The molecule has 0 aromatic heterocycles. The van der Waals surface area contributed by atoms with Crippen molar-refractivity contribution in [1.82, 2.24) is 4.90 Å². The van der Waals surface area contributed by atoms with Crippen LogP contribution >= 0.6 is 0 Å². The van der Waals surface area contributed by atoms with Gasteiger partial charge in [-0.25, -0.2) is 0 Å². The van der Waals surface area contributed by atoms with Gasteiger partial charge in [-0.15, -0.1) is 0 Å². The Bertz CT molecular complexity index is 577. The van der Waals surface area contributed by atoms with Crippen LogP contribution in [-0.4, -0.2) is 44.0 Å². The first-order chi connectivity index (χ1) is 11.7. The molecule has 1 saturated heterocycles. The summed E-state index contributed by atoms with van der Waals surface area (Å²) in [5, 5.41) is 3.10. The van der Waals surface area contributed by atoms with E-state index in [4.69, 9.17) is 0 Å². The Morgan fingerprint density at radius 3 is 2.46 bits per heavy atom. The Labute approximate surface area is 145 Å². The lowest BCUT2D eigenvalue weighted by molar-refractivity contribution is -0.117.